The molecule has 2 heterocycles. The monoisotopic (exact) mass is 401 g/mol. The molecule has 0 aliphatic heterocycles. The summed E-state index contributed by atoms with van der Waals surface area (Å²) in [6.07, 6.45) is 0.940. The van der Waals surface area contributed by atoms with Gasteiger partial charge in [-0.05, 0) is 58.6 Å². The van der Waals surface area contributed by atoms with Gasteiger partial charge in [0.2, 0.25) is 0 Å². The molecule has 0 aliphatic rings. The number of benzene rings is 1. The van der Waals surface area contributed by atoms with E-state index < -0.39 is 0 Å². The fourth-order valence-electron chi connectivity index (χ4n) is 3.19. The van der Waals surface area contributed by atoms with E-state index in [1.165, 1.54) is 0 Å². The van der Waals surface area contributed by atoms with Gasteiger partial charge < -0.3 is 9.26 Å². The minimum absolute atomic E-state index is 0.169. The van der Waals surface area contributed by atoms with Crippen LogP contribution in [0.15, 0.2) is 33.9 Å². The minimum atomic E-state index is 0.169. The van der Waals surface area contributed by atoms with Crippen LogP contribution in [0.2, 0.25) is 0 Å². The minimum Gasteiger partial charge on any atom is -0.497 e. The van der Waals surface area contributed by atoms with Crippen molar-refractivity contribution in [3.8, 4) is 11.4 Å². The molecular weight excluding hydrogens is 374 g/mol. The molecule has 0 aliphatic carbocycles. The van der Waals surface area contributed by atoms with Gasteiger partial charge in [0.1, 0.15) is 11.5 Å². The van der Waals surface area contributed by atoms with Crippen molar-refractivity contribution < 1.29 is 9.26 Å². The Morgan fingerprint density at radius 2 is 1.89 bits per heavy atom. The lowest BCUT2D eigenvalue weighted by Gasteiger charge is -2.23. The molecule has 0 saturated carbocycles. The second kappa shape index (κ2) is 8.79. The van der Waals surface area contributed by atoms with Gasteiger partial charge in [0.25, 0.3) is 0 Å². The van der Waals surface area contributed by atoms with Gasteiger partial charge in [0.05, 0.1) is 18.8 Å². The number of thioether (sulfide) groups is 1. The summed E-state index contributed by atoms with van der Waals surface area (Å²) in [6.45, 7) is 6.06. The number of aromatic nitrogens is 4. The molecule has 1 unspecified atom stereocenters. The highest BCUT2D eigenvalue weighted by molar-refractivity contribution is 7.98. The van der Waals surface area contributed by atoms with Gasteiger partial charge in [-0.25, -0.2) is 0 Å². The predicted octanol–water partition coefficient (Wildman–Crippen LogP) is 4.19. The fourth-order valence-corrected chi connectivity index (χ4v) is 4.30. The van der Waals surface area contributed by atoms with Crippen LogP contribution < -0.4 is 4.74 Å². The zero-order valence-electron chi connectivity index (χ0n) is 17.3. The normalized spacial score (nSPS) is 12.5. The van der Waals surface area contributed by atoms with Crippen LogP contribution in [-0.2, 0) is 5.75 Å². The van der Waals surface area contributed by atoms with Crippen molar-refractivity contribution in [1.29, 1.82) is 0 Å². The van der Waals surface area contributed by atoms with Gasteiger partial charge in [-0.3, -0.25) is 9.47 Å². The van der Waals surface area contributed by atoms with Crippen molar-refractivity contribution in [1.82, 2.24) is 24.8 Å². The molecule has 0 radical (unpaired) electrons. The lowest BCUT2D eigenvalue weighted by atomic mass is 10.2. The van der Waals surface area contributed by atoms with Crippen molar-refractivity contribution in [2.24, 2.45) is 0 Å². The van der Waals surface area contributed by atoms with E-state index in [1.807, 2.05) is 38.1 Å². The maximum Gasteiger partial charge on any atom is 0.196 e. The molecule has 3 aromatic rings. The Hall–Kier alpha value is -2.32. The molecule has 0 fully saturated rings. The average molecular weight is 402 g/mol. The summed E-state index contributed by atoms with van der Waals surface area (Å²) in [5.74, 6) is 3.33. The molecule has 1 aromatic carbocycles. The van der Waals surface area contributed by atoms with Gasteiger partial charge in [-0.1, -0.05) is 23.8 Å². The largest absolute Gasteiger partial charge is 0.497 e. The molecule has 0 amide bonds. The van der Waals surface area contributed by atoms with Gasteiger partial charge in [0.15, 0.2) is 11.0 Å². The Morgan fingerprint density at radius 1 is 1.18 bits per heavy atom. The third-order valence-corrected chi connectivity index (χ3v) is 5.78. The molecule has 0 bridgehead atoms. The van der Waals surface area contributed by atoms with Gasteiger partial charge in [-0.2, -0.15) is 0 Å². The van der Waals surface area contributed by atoms with Crippen molar-refractivity contribution in [3.63, 3.8) is 0 Å². The molecule has 3 rings (SSSR count). The summed E-state index contributed by atoms with van der Waals surface area (Å²) in [7, 11) is 5.80. The SMILES string of the molecule is CCC(c1nnc(SCc2c(C)noc2C)n1-c1ccc(OC)cc1)N(C)C. The third kappa shape index (κ3) is 4.07. The fraction of sp³-hybridized carbons (Fsp3) is 0.450. The Bertz CT molecular complexity index is 898. The lowest BCUT2D eigenvalue weighted by molar-refractivity contribution is 0.276. The van der Waals surface area contributed by atoms with Crippen LogP contribution >= 0.6 is 11.8 Å². The van der Waals surface area contributed by atoms with Gasteiger partial charge in [0, 0.05) is 17.0 Å². The molecule has 150 valence electrons. The number of hydrogen-bond donors (Lipinski definition) is 0. The first-order valence-electron chi connectivity index (χ1n) is 9.27. The Kier molecular flexibility index (Phi) is 6.41. The molecular formula is C20H27N5O2S. The first-order chi connectivity index (χ1) is 13.5. The van der Waals surface area contributed by atoms with Crippen molar-refractivity contribution in [2.75, 3.05) is 21.2 Å². The first-order valence-corrected chi connectivity index (χ1v) is 10.3. The van der Waals surface area contributed by atoms with E-state index in [4.69, 9.17) is 9.26 Å². The van der Waals surface area contributed by atoms with E-state index in [-0.39, 0.29) is 6.04 Å². The third-order valence-electron chi connectivity index (χ3n) is 4.82. The predicted molar refractivity (Wildman–Crippen MR) is 110 cm³/mol. The summed E-state index contributed by atoms with van der Waals surface area (Å²) >= 11 is 1.64. The number of aryl methyl sites for hydroxylation is 2. The topological polar surface area (TPSA) is 69.2 Å². The quantitative estimate of drug-likeness (QED) is 0.524. The first kappa shape index (κ1) is 20.4. The Morgan fingerprint density at radius 3 is 2.43 bits per heavy atom. The number of ether oxygens (including phenoxy) is 1. The number of hydrogen-bond acceptors (Lipinski definition) is 7. The molecule has 0 spiro atoms. The molecule has 1 atom stereocenters. The molecule has 8 heteroatoms. The van der Waals surface area contributed by atoms with Gasteiger partial charge >= 0.3 is 0 Å². The zero-order valence-corrected chi connectivity index (χ0v) is 18.1. The van der Waals surface area contributed by atoms with E-state index in [1.54, 1.807) is 18.9 Å². The van der Waals surface area contributed by atoms with Crippen molar-refractivity contribution in [2.45, 2.75) is 44.1 Å². The van der Waals surface area contributed by atoms with Gasteiger partial charge in [-0.15, -0.1) is 10.2 Å². The van der Waals surface area contributed by atoms with Crippen LogP contribution in [0, 0.1) is 13.8 Å². The highest BCUT2D eigenvalue weighted by atomic mass is 32.2. The van der Waals surface area contributed by atoms with Crippen LogP contribution in [0.3, 0.4) is 0 Å². The summed E-state index contributed by atoms with van der Waals surface area (Å²) in [6, 6.07) is 8.15. The smallest absolute Gasteiger partial charge is 0.196 e. The van der Waals surface area contributed by atoms with Crippen LogP contribution in [0.4, 0.5) is 0 Å². The number of rotatable bonds is 8. The molecule has 7 nitrogen and oxygen atoms in total. The van der Waals surface area contributed by atoms with Crippen LogP contribution in [0.1, 0.15) is 42.2 Å². The second-order valence-corrected chi connectivity index (χ2v) is 7.80. The summed E-state index contributed by atoms with van der Waals surface area (Å²) in [4.78, 5) is 2.17. The molecule has 0 saturated heterocycles. The summed E-state index contributed by atoms with van der Waals surface area (Å²) < 4.78 is 12.7. The van der Waals surface area contributed by atoms with Crippen LogP contribution in [0.25, 0.3) is 5.69 Å². The van der Waals surface area contributed by atoms with Crippen LogP contribution in [0.5, 0.6) is 5.75 Å². The van der Waals surface area contributed by atoms with Crippen LogP contribution in [-0.4, -0.2) is 46.0 Å². The molecule has 28 heavy (non-hydrogen) atoms. The van der Waals surface area contributed by atoms with E-state index >= 15 is 0 Å². The molecule has 0 N–H and O–H groups in total. The van der Waals surface area contributed by atoms with E-state index in [0.717, 1.165) is 51.6 Å². The van der Waals surface area contributed by atoms with Crippen molar-refractivity contribution >= 4 is 11.8 Å². The highest BCUT2D eigenvalue weighted by Crippen LogP contribution is 2.31. The maximum atomic E-state index is 5.31. The standard InChI is InChI=1S/C20H27N5O2S/c1-7-18(24(4)5)19-21-22-20(28-12-17-13(2)23-27-14(17)3)25(19)15-8-10-16(26-6)11-9-15/h8-11,18H,7,12H2,1-6H3. The van der Waals surface area contributed by atoms with E-state index in [2.05, 4.69) is 45.8 Å². The van der Waals surface area contributed by atoms with E-state index in [0.29, 0.717) is 0 Å². The zero-order chi connectivity index (χ0) is 20.3. The average Bonchev–Trinajstić information content (AvgIpc) is 3.24. The highest BCUT2D eigenvalue weighted by Gasteiger charge is 2.23. The second-order valence-electron chi connectivity index (χ2n) is 6.85. The Balaban J connectivity index is 2.00. The lowest BCUT2D eigenvalue weighted by Crippen LogP contribution is -2.22. The molecule has 2 aromatic heterocycles. The van der Waals surface area contributed by atoms with Crippen molar-refractivity contribution in [3.05, 3.63) is 47.1 Å². The Labute approximate surface area is 170 Å². The number of methoxy groups -OCH3 is 1. The summed E-state index contributed by atoms with van der Waals surface area (Å²) in [5, 5.41) is 14.0. The number of nitrogens with zero attached hydrogens (tertiary/aromatic N) is 5. The summed E-state index contributed by atoms with van der Waals surface area (Å²) in [5.41, 5.74) is 3.04. The maximum absolute atomic E-state index is 5.31. The van der Waals surface area contributed by atoms with E-state index in [9.17, 15) is 0 Å².